The predicted octanol–water partition coefficient (Wildman–Crippen LogP) is 0.140. The maximum Gasteiger partial charge on any atom is 0.326 e. The van der Waals surface area contributed by atoms with Gasteiger partial charge in [-0.25, -0.2) is 4.79 Å². The van der Waals surface area contributed by atoms with Crippen LogP contribution in [0.25, 0.3) is 0 Å². The third-order valence-electron chi connectivity index (χ3n) is 5.02. The van der Waals surface area contributed by atoms with Crippen LogP contribution in [0.4, 0.5) is 0 Å². The number of rotatable bonds is 14. The first-order chi connectivity index (χ1) is 16.0. The molecule has 12 heteroatoms. The highest BCUT2D eigenvalue weighted by Crippen LogP contribution is 2.11. The molecule has 0 aliphatic carbocycles. The van der Waals surface area contributed by atoms with Crippen molar-refractivity contribution in [1.29, 1.82) is 0 Å². The van der Waals surface area contributed by atoms with E-state index < -0.39 is 47.9 Å². The molecular formula is C22H34N4O6S2. The number of hydrogen-bond donors (Lipinski definition) is 7. The van der Waals surface area contributed by atoms with Gasteiger partial charge >= 0.3 is 5.97 Å². The number of carbonyl (C=O) groups excluding carboxylic acids is 3. The van der Waals surface area contributed by atoms with Gasteiger partial charge in [0, 0.05) is 5.75 Å². The van der Waals surface area contributed by atoms with Crippen LogP contribution in [-0.4, -0.2) is 75.8 Å². The van der Waals surface area contributed by atoms with Gasteiger partial charge in [0.15, 0.2) is 0 Å². The Kier molecular flexibility index (Phi) is 12.8. The second-order valence-electron chi connectivity index (χ2n) is 8.13. The third-order valence-corrected chi connectivity index (χ3v) is 6.03. The van der Waals surface area contributed by atoms with Gasteiger partial charge in [-0.05, 0) is 48.5 Å². The lowest BCUT2D eigenvalue weighted by atomic mass is 10.0. The first-order valence-corrected chi connectivity index (χ1v) is 12.8. The number of hydrogen-bond acceptors (Lipinski definition) is 8. The molecule has 3 amide bonds. The lowest BCUT2D eigenvalue weighted by Crippen LogP contribution is -2.59. The van der Waals surface area contributed by atoms with Gasteiger partial charge in [-0.15, -0.1) is 0 Å². The summed E-state index contributed by atoms with van der Waals surface area (Å²) in [4.78, 5) is 49.5. The topological polar surface area (TPSA) is 171 Å². The van der Waals surface area contributed by atoms with Crippen molar-refractivity contribution in [1.82, 2.24) is 16.0 Å². The van der Waals surface area contributed by atoms with Crippen LogP contribution in [-0.2, 0) is 25.6 Å². The van der Waals surface area contributed by atoms with E-state index in [1.165, 1.54) is 23.9 Å². The Labute approximate surface area is 209 Å². The second-order valence-corrected chi connectivity index (χ2v) is 9.48. The summed E-state index contributed by atoms with van der Waals surface area (Å²) in [6.07, 6.45) is 2.27. The molecule has 1 rings (SSSR count). The van der Waals surface area contributed by atoms with Crippen molar-refractivity contribution in [2.24, 2.45) is 11.7 Å². The molecule has 0 fully saturated rings. The number of amides is 3. The molecule has 0 bridgehead atoms. The zero-order valence-corrected chi connectivity index (χ0v) is 21.2. The number of benzene rings is 1. The van der Waals surface area contributed by atoms with Gasteiger partial charge in [0.1, 0.15) is 23.9 Å². The average molecular weight is 515 g/mol. The Morgan fingerprint density at radius 3 is 2.09 bits per heavy atom. The standard InChI is InChI=1S/C22H34N4O6S2/c1-12(2)18(21(30)24-16(22(31)32)8-9-34-3)26-20(29)17(11-33)25-19(28)15(23)10-13-4-6-14(27)7-5-13/h4-7,12,15-18,27,33H,8-11,23H2,1-3H3,(H,24,30)(H,25,28)(H,26,29)(H,31,32). The lowest BCUT2D eigenvalue weighted by molar-refractivity contribution is -0.142. The van der Waals surface area contributed by atoms with Crippen molar-refractivity contribution < 1.29 is 29.4 Å². The molecule has 0 aliphatic rings. The number of phenols is 1. The fourth-order valence-electron chi connectivity index (χ4n) is 2.99. The third kappa shape index (κ3) is 9.82. The van der Waals surface area contributed by atoms with Crippen molar-refractivity contribution >= 4 is 48.1 Å². The minimum atomic E-state index is -1.15. The molecule has 4 unspecified atom stereocenters. The number of aliphatic carboxylic acids is 1. The molecule has 0 aromatic heterocycles. The number of phenolic OH excluding ortho intramolecular Hbond substituents is 1. The van der Waals surface area contributed by atoms with E-state index in [0.717, 1.165) is 5.56 Å². The van der Waals surface area contributed by atoms with E-state index in [4.69, 9.17) is 5.73 Å². The van der Waals surface area contributed by atoms with E-state index in [1.54, 1.807) is 26.0 Å². The summed E-state index contributed by atoms with van der Waals surface area (Å²) < 4.78 is 0. The maximum absolute atomic E-state index is 12.8. The first kappa shape index (κ1) is 29.6. The maximum atomic E-state index is 12.8. The van der Waals surface area contributed by atoms with Crippen molar-refractivity contribution in [3.8, 4) is 5.75 Å². The van der Waals surface area contributed by atoms with Gasteiger partial charge in [0.2, 0.25) is 17.7 Å². The summed E-state index contributed by atoms with van der Waals surface area (Å²) in [5.41, 5.74) is 6.69. The molecule has 34 heavy (non-hydrogen) atoms. The summed E-state index contributed by atoms with van der Waals surface area (Å²) in [6.45, 7) is 3.42. The van der Waals surface area contributed by atoms with Crippen LogP contribution in [0.1, 0.15) is 25.8 Å². The molecule has 0 aliphatic heterocycles. The van der Waals surface area contributed by atoms with Crippen LogP contribution >= 0.6 is 24.4 Å². The van der Waals surface area contributed by atoms with E-state index in [-0.39, 0.29) is 30.3 Å². The summed E-state index contributed by atoms with van der Waals surface area (Å²) in [7, 11) is 0. The van der Waals surface area contributed by atoms with Crippen molar-refractivity contribution in [2.45, 2.75) is 50.9 Å². The quantitative estimate of drug-likeness (QED) is 0.172. The number of carbonyl (C=O) groups is 4. The van der Waals surface area contributed by atoms with Crippen LogP contribution < -0.4 is 21.7 Å². The van der Waals surface area contributed by atoms with Gasteiger partial charge in [-0.1, -0.05) is 26.0 Å². The summed E-state index contributed by atoms with van der Waals surface area (Å²) in [6, 6.07) is 2.17. The van der Waals surface area contributed by atoms with E-state index in [0.29, 0.717) is 5.75 Å². The molecule has 7 N–H and O–H groups in total. The smallest absolute Gasteiger partial charge is 0.326 e. The first-order valence-electron chi connectivity index (χ1n) is 10.8. The molecular weight excluding hydrogens is 480 g/mol. The van der Waals surface area contributed by atoms with Gasteiger partial charge in [-0.2, -0.15) is 24.4 Å². The Morgan fingerprint density at radius 2 is 1.59 bits per heavy atom. The van der Waals surface area contributed by atoms with Crippen molar-refractivity contribution in [2.75, 3.05) is 17.8 Å². The fourth-order valence-corrected chi connectivity index (χ4v) is 3.72. The molecule has 1 aromatic rings. The number of carboxylic acid groups (broad SMARTS) is 1. The van der Waals surface area contributed by atoms with E-state index >= 15 is 0 Å². The lowest BCUT2D eigenvalue weighted by Gasteiger charge is -2.26. The van der Waals surface area contributed by atoms with E-state index in [1.807, 2.05) is 6.26 Å². The molecule has 10 nitrogen and oxygen atoms in total. The van der Waals surface area contributed by atoms with Crippen molar-refractivity contribution in [3.63, 3.8) is 0 Å². The van der Waals surface area contributed by atoms with E-state index in [2.05, 4.69) is 28.6 Å². The Bertz CT molecular complexity index is 837. The molecule has 0 radical (unpaired) electrons. The number of aromatic hydroxyl groups is 1. The molecule has 0 saturated carbocycles. The number of nitrogens with one attached hydrogen (secondary N) is 3. The largest absolute Gasteiger partial charge is 0.508 e. The summed E-state index contributed by atoms with van der Waals surface area (Å²) in [5, 5.41) is 26.3. The SMILES string of the molecule is CSCCC(NC(=O)C(NC(=O)C(CS)NC(=O)C(N)Cc1ccc(O)cc1)C(C)C)C(=O)O. The highest BCUT2D eigenvalue weighted by atomic mass is 32.2. The van der Waals surface area contributed by atoms with Crippen LogP contribution in [0.3, 0.4) is 0 Å². The van der Waals surface area contributed by atoms with Crippen LogP contribution in [0, 0.1) is 5.92 Å². The van der Waals surface area contributed by atoms with E-state index in [9.17, 15) is 29.4 Å². The predicted molar refractivity (Wildman–Crippen MR) is 135 cm³/mol. The molecule has 0 heterocycles. The normalized spacial score (nSPS) is 14.5. The fraction of sp³-hybridized carbons (Fsp3) is 0.545. The minimum Gasteiger partial charge on any atom is -0.508 e. The monoisotopic (exact) mass is 514 g/mol. The zero-order valence-electron chi connectivity index (χ0n) is 19.5. The van der Waals surface area contributed by atoms with Gasteiger partial charge in [0.05, 0.1) is 6.04 Å². The Balaban J connectivity index is 2.78. The zero-order chi connectivity index (χ0) is 25.8. The molecule has 190 valence electrons. The number of nitrogens with two attached hydrogens (primary N) is 1. The number of thioether (sulfide) groups is 1. The van der Waals surface area contributed by atoms with Gasteiger partial charge in [0.25, 0.3) is 0 Å². The van der Waals surface area contributed by atoms with Crippen molar-refractivity contribution in [3.05, 3.63) is 29.8 Å². The molecule has 0 saturated heterocycles. The summed E-state index contributed by atoms with van der Waals surface area (Å²) in [5.74, 6) is -2.72. The minimum absolute atomic E-state index is 0.0403. The molecule has 1 aromatic carbocycles. The highest BCUT2D eigenvalue weighted by molar-refractivity contribution is 7.98. The Hall–Kier alpha value is -2.44. The van der Waals surface area contributed by atoms with Gasteiger partial charge in [-0.3, -0.25) is 14.4 Å². The van der Waals surface area contributed by atoms with Crippen LogP contribution in [0.5, 0.6) is 5.75 Å². The Morgan fingerprint density at radius 1 is 1.00 bits per heavy atom. The average Bonchev–Trinajstić information content (AvgIpc) is 2.78. The summed E-state index contributed by atoms with van der Waals surface area (Å²) >= 11 is 5.59. The number of thiol groups is 1. The highest BCUT2D eigenvalue weighted by Gasteiger charge is 2.31. The second kappa shape index (κ2) is 14.7. The van der Waals surface area contributed by atoms with Crippen LogP contribution in [0.2, 0.25) is 0 Å². The molecule has 0 spiro atoms. The number of carboxylic acids is 1. The molecule has 4 atom stereocenters. The van der Waals surface area contributed by atoms with Gasteiger partial charge < -0.3 is 31.9 Å². The van der Waals surface area contributed by atoms with Crippen LogP contribution in [0.15, 0.2) is 24.3 Å².